The van der Waals surface area contributed by atoms with E-state index in [1.165, 1.54) is 18.2 Å². The van der Waals surface area contributed by atoms with E-state index in [1.54, 1.807) is 19.9 Å². The molecule has 2 N–H and O–H groups in total. The van der Waals surface area contributed by atoms with E-state index in [0.29, 0.717) is 12.3 Å². The number of benzene rings is 1. The Morgan fingerprint density at radius 2 is 2.07 bits per heavy atom. The summed E-state index contributed by atoms with van der Waals surface area (Å²) < 4.78 is 25.0. The SMILES string of the molecule is CCOC(=O)c1c(C)[nH]c(C(=O)C(=O)NC[C@@H]2CCCO2)c1-c1ccccc1F. The van der Waals surface area contributed by atoms with E-state index in [2.05, 4.69) is 10.3 Å². The Morgan fingerprint density at radius 1 is 1.31 bits per heavy atom. The van der Waals surface area contributed by atoms with Crippen LogP contribution < -0.4 is 5.32 Å². The van der Waals surface area contributed by atoms with Crippen molar-refractivity contribution < 1.29 is 28.2 Å². The van der Waals surface area contributed by atoms with Gasteiger partial charge in [-0.05, 0) is 32.8 Å². The van der Waals surface area contributed by atoms with Gasteiger partial charge in [0.25, 0.3) is 11.7 Å². The number of nitrogens with one attached hydrogen (secondary N) is 2. The molecule has 1 fully saturated rings. The molecule has 1 aromatic heterocycles. The maximum atomic E-state index is 14.5. The van der Waals surface area contributed by atoms with E-state index < -0.39 is 23.5 Å². The number of esters is 1. The lowest BCUT2D eigenvalue weighted by Crippen LogP contribution is -2.36. The van der Waals surface area contributed by atoms with E-state index >= 15 is 0 Å². The molecule has 1 saturated heterocycles. The van der Waals surface area contributed by atoms with Gasteiger partial charge in [0.2, 0.25) is 0 Å². The van der Waals surface area contributed by atoms with Crippen LogP contribution >= 0.6 is 0 Å². The number of hydrogen-bond donors (Lipinski definition) is 2. The largest absolute Gasteiger partial charge is 0.462 e. The molecule has 0 bridgehead atoms. The summed E-state index contributed by atoms with van der Waals surface area (Å²) in [5.74, 6) is -3.06. The average molecular weight is 402 g/mol. The molecule has 3 rings (SSSR count). The highest BCUT2D eigenvalue weighted by atomic mass is 19.1. The number of H-pyrrole nitrogens is 1. The average Bonchev–Trinajstić information content (AvgIpc) is 3.33. The third kappa shape index (κ3) is 4.37. The van der Waals surface area contributed by atoms with Crippen LogP contribution in [-0.2, 0) is 14.3 Å². The number of aromatic nitrogens is 1. The lowest BCUT2D eigenvalue weighted by atomic mass is 9.97. The molecule has 8 heteroatoms. The molecule has 0 aliphatic carbocycles. The summed E-state index contributed by atoms with van der Waals surface area (Å²) in [5.41, 5.74) is 0.260. The molecule has 0 spiro atoms. The molecule has 0 saturated carbocycles. The summed E-state index contributed by atoms with van der Waals surface area (Å²) >= 11 is 0. The normalized spacial score (nSPS) is 15.9. The second kappa shape index (κ2) is 9.00. The van der Waals surface area contributed by atoms with Gasteiger partial charge in [-0.25, -0.2) is 9.18 Å². The highest BCUT2D eigenvalue weighted by molar-refractivity contribution is 6.43. The van der Waals surface area contributed by atoms with Gasteiger partial charge in [0, 0.05) is 30.0 Å². The van der Waals surface area contributed by atoms with Crippen molar-refractivity contribution in [2.75, 3.05) is 19.8 Å². The lowest BCUT2D eigenvalue weighted by Gasteiger charge is -2.11. The van der Waals surface area contributed by atoms with Crippen LogP contribution in [0.4, 0.5) is 4.39 Å². The minimum Gasteiger partial charge on any atom is -0.462 e. The molecule has 1 aliphatic heterocycles. The van der Waals surface area contributed by atoms with Crippen molar-refractivity contribution in [1.29, 1.82) is 0 Å². The standard InChI is InChI=1S/C21H23FN2O5/c1-3-28-21(27)16-12(2)24-18(17(16)14-8-4-5-9-15(14)22)19(25)20(26)23-11-13-7-6-10-29-13/h4-5,8-9,13,24H,3,6-7,10-11H2,1-2H3,(H,23,26)/t13-/m0/s1. The van der Waals surface area contributed by atoms with Crippen molar-refractivity contribution in [3.8, 4) is 11.1 Å². The van der Waals surface area contributed by atoms with Gasteiger partial charge >= 0.3 is 5.97 Å². The van der Waals surface area contributed by atoms with Crippen LogP contribution in [0.3, 0.4) is 0 Å². The minimum atomic E-state index is -0.889. The van der Waals surface area contributed by atoms with Crippen LogP contribution in [0, 0.1) is 12.7 Å². The summed E-state index contributed by atoms with van der Waals surface area (Å²) in [4.78, 5) is 40.5. The van der Waals surface area contributed by atoms with Crippen LogP contribution in [0.15, 0.2) is 24.3 Å². The van der Waals surface area contributed by atoms with Crippen LogP contribution in [0.1, 0.15) is 46.3 Å². The molecule has 2 heterocycles. The molecule has 1 aliphatic rings. The molecule has 7 nitrogen and oxygen atoms in total. The first-order chi connectivity index (χ1) is 13.9. The van der Waals surface area contributed by atoms with E-state index in [0.717, 1.165) is 12.8 Å². The van der Waals surface area contributed by atoms with Gasteiger partial charge in [-0.1, -0.05) is 18.2 Å². The van der Waals surface area contributed by atoms with Gasteiger partial charge in [0.05, 0.1) is 18.3 Å². The van der Waals surface area contributed by atoms with Crippen LogP contribution in [0.2, 0.25) is 0 Å². The Bertz CT molecular complexity index is 931. The molecule has 1 amide bonds. The summed E-state index contributed by atoms with van der Waals surface area (Å²) in [6, 6.07) is 5.75. The number of rotatable bonds is 7. The third-order valence-corrected chi connectivity index (χ3v) is 4.76. The first-order valence-corrected chi connectivity index (χ1v) is 9.52. The van der Waals surface area contributed by atoms with Gasteiger partial charge in [0.1, 0.15) is 11.5 Å². The van der Waals surface area contributed by atoms with E-state index in [-0.39, 0.29) is 41.6 Å². The molecular weight excluding hydrogens is 379 g/mol. The Labute approximate surface area is 167 Å². The molecule has 29 heavy (non-hydrogen) atoms. The first kappa shape index (κ1) is 20.7. The molecule has 1 atom stereocenters. The van der Waals surface area contributed by atoms with Gasteiger partial charge in [0.15, 0.2) is 0 Å². The molecule has 2 aromatic rings. The first-order valence-electron chi connectivity index (χ1n) is 9.52. The van der Waals surface area contributed by atoms with Crippen molar-refractivity contribution in [3.05, 3.63) is 47.0 Å². The number of carbonyl (C=O) groups is 3. The molecule has 0 radical (unpaired) electrons. The lowest BCUT2D eigenvalue weighted by molar-refractivity contribution is -0.117. The minimum absolute atomic E-state index is 0.0244. The Balaban J connectivity index is 1.98. The number of amides is 1. The highest BCUT2D eigenvalue weighted by Gasteiger charge is 2.31. The fraction of sp³-hybridized carbons (Fsp3) is 0.381. The predicted octanol–water partition coefficient (Wildman–Crippen LogP) is 2.78. The zero-order valence-electron chi connectivity index (χ0n) is 16.3. The van der Waals surface area contributed by atoms with Crippen molar-refractivity contribution in [1.82, 2.24) is 10.3 Å². The van der Waals surface area contributed by atoms with Crippen molar-refractivity contribution >= 4 is 17.7 Å². The number of hydrogen-bond acceptors (Lipinski definition) is 5. The second-order valence-corrected chi connectivity index (χ2v) is 6.75. The van der Waals surface area contributed by atoms with E-state index in [1.807, 2.05) is 0 Å². The zero-order chi connectivity index (χ0) is 21.0. The highest BCUT2D eigenvalue weighted by Crippen LogP contribution is 2.33. The number of aromatic amines is 1. The van der Waals surface area contributed by atoms with Gasteiger partial charge < -0.3 is 19.8 Å². The molecule has 0 unspecified atom stereocenters. The van der Waals surface area contributed by atoms with E-state index in [4.69, 9.17) is 9.47 Å². The number of carbonyl (C=O) groups excluding carboxylic acids is 3. The summed E-state index contributed by atoms with van der Waals surface area (Å²) in [6.45, 7) is 4.17. The number of ketones is 1. The van der Waals surface area contributed by atoms with Crippen molar-refractivity contribution in [2.45, 2.75) is 32.8 Å². The Morgan fingerprint density at radius 3 is 2.72 bits per heavy atom. The molecule has 154 valence electrons. The summed E-state index contributed by atoms with van der Waals surface area (Å²) in [5, 5.41) is 2.56. The maximum Gasteiger partial charge on any atom is 0.340 e. The molecular formula is C21H23FN2O5. The number of Topliss-reactive ketones (excluding diaryl/α,β-unsaturated/α-hetero) is 1. The summed E-state index contributed by atoms with van der Waals surface area (Å²) in [7, 11) is 0. The topological polar surface area (TPSA) is 97.5 Å². The van der Waals surface area contributed by atoms with Gasteiger partial charge in [-0.15, -0.1) is 0 Å². The summed E-state index contributed by atoms with van der Waals surface area (Å²) in [6.07, 6.45) is 1.59. The fourth-order valence-electron chi connectivity index (χ4n) is 3.39. The monoisotopic (exact) mass is 402 g/mol. The van der Waals surface area contributed by atoms with Gasteiger partial charge in [-0.3, -0.25) is 9.59 Å². The number of aryl methyl sites for hydroxylation is 1. The smallest absolute Gasteiger partial charge is 0.340 e. The fourth-order valence-corrected chi connectivity index (χ4v) is 3.39. The Hall–Kier alpha value is -3.00. The second-order valence-electron chi connectivity index (χ2n) is 6.75. The van der Waals surface area contributed by atoms with Crippen molar-refractivity contribution in [3.63, 3.8) is 0 Å². The van der Waals surface area contributed by atoms with Crippen LogP contribution in [0.5, 0.6) is 0 Å². The molecule has 1 aromatic carbocycles. The van der Waals surface area contributed by atoms with Crippen LogP contribution in [0.25, 0.3) is 11.1 Å². The van der Waals surface area contributed by atoms with E-state index in [9.17, 15) is 18.8 Å². The van der Waals surface area contributed by atoms with Crippen LogP contribution in [-0.4, -0.2) is 48.5 Å². The Kier molecular flexibility index (Phi) is 6.43. The number of ether oxygens (including phenoxy) is 2. The van der Waals surface area contributed by atoms with Crippen molar-refractivity contribution in [2.24, 2.45) is 0 Å². The number of halogens is 1. The zero-order valence-corrected chi connectivity index (χ0v) is 16.3. The van der Waals surface area contributed by atoms with Gasteiger partial charge in [-0.2, -0.15) is 0 Å². The third-order valence-electron chi connectivity index (χ3n) is 4.76. The predicted molar refractivity (Wildman–Crippen MR) is 103 cm³/mol. The quantitative estimate of drug-likeness (QED) is 0.422. The maximum absolute atomic E-state index is 14.5.